The van der Waals surface area contributed by atoms with E-state index < -0.39 is 17.6 Å². The van der Waals surface area contributed by atoms with Gasteiger partial charge in [-0.1, -0.05) is 12.1 Å². The lowest BCUT2D eigenvalue weighted by Crippen LogP contribution is -2.48. The summed E-state index contributed by atoms with van der Waals surface area (Å²) in [6.07, 6.45) is -4.34. The van der Waals surface area contributed by atoms with Gasteiger partial charge in [0.05, 0.1) is 12.1 Å². The zero-order valence-corrected chi connectivity index (χ0v) is 10.8. The molecule has 1 fully saturated rings. The summed E-state index contributed by atoms with van der Waals surface area (Å²) in [5, 5.41) is 3.17. The predicted octanol–water partition coefficient (Wildman–Crippen LogP) is 1.14. The zero-order valence-electron chi connectivity index (χ0n) is 10.8. The Kier molecular flexibility index (Phi) is 4.29. The summed E-state index contributed by atoms with van der Waals surface area (Å²) in [6, 6.07) is 4.89. The van der Waals surface area contributed by atoms with E-state index in [-0.39, 0.29) is 12.6 Å². The standard InChI is InChI=1S/C13H16F3N3O/c14-13(15,16)10-3-1-9(2-4-10)11-7-18-5-6-19(11)8-12(17)20/h1-4,11,18H,5-8H2,(H2,17,20). The summed E-state index contributed by atoms with van der Waals surface area (Å²) in [5.41, 5.74) is 5.26. The van der Waals surface area contributed by atoms with Crippen LogP contribution >= 0.6 is 0 Å². The molecule has 0 spiro atoms. The van der Waals surface area contributed by atoms with Crippen LogP contribution in [0.5, 0.6) is 0 Å². The molecule has 1 aliphatic rings. The minimum Gasteiger partial charge on any atom is -0.369 e. The third-order valence-corrected chi connectivity index (χ3v) is 3.34. The SMILES string of the molecule is NC(=O)CN1CCNCC1c1ccc(C(F)(F)F)cc1. The third-order valence-electron chi connectivity index (χ3n) is 3.34. The zero-order chi connectivity index (χ0) is 14.8. The van der Waals surface area contributed by atoms with Crippen molar-refractivity contribution in [3.63, 3.8) is 0 Å². The number of nitrogens with one attached hydrogen (secondary N) is 1. The van der Waals surface area contributed by atoms with Gasteiger partial charge in [0.2, 0.25) is 5.91 Å². The number of carbonyl (C=O) groups is 1. The summed E-state index contributed by atoms with van der Waals surface area (Å²) >= 11 is 0. The molecule has 1 aliphatic heterocycles. The van der Waals surface area contributed by atoms with Crippen LogP contribution in [0.3, 0.4) is 0 Å². The van der Waals surface area contributed by atoms with E-state index in [0.717, 1.165) is 24.2 Å². The van der Waals surface area contributed by atoms with E-state index in [1.54, 1.807) is 0 Å². The fourth-order valence-electron chi connectivity index (χ4n) is 2.36. The number of halogens is 3. The molecule has 1 atom stereocenters. The van der Waals surface area contributed by atoms with Gasteiger partial charge in [0.15, 0.2) is 0 Å². The summed E-state index contributed by atoms with van der Waals surface area (Å²) in [7, 11) is 0. The number of amides is 1. The Morgan fingerprint density at radius 2 is 2.00 bits per heavy atom. The van der Waals surface area contributed by atoms with Crippen molar-refractivity contribution in [3.8, 4) is 0 Å². The molecule has 1 amide bonds. The summed E-state index contributed by atoms with van der Waals surface area (Å²) in [5.74, 6) is -0.441. The second-order valence-corrected chi connectivity index (χ2v) is 4.78. The van der Waals surface area contributed by atoms with Gasteiger partial charge >= 0.3 is 6.18 Å². The number of piperazine rings is 1. The lowest BCUT2D eigenvalue weighted by molar-refractivity contribution is -0.137. The van der Waals surface area contributed by atoms with Crippen LogP contribution in [0.1, 0.15) is 17.2 Å². The van der Waals surface area contributed by atoms with E-state index in [2.05, 4.69) is 5.32 Å². The van der Waals surface area contributed by atoms with E-state index in [0.29, 0.717) is 13.1 Å². The molecule has 0 aromatic heterocycles. The van der Waals surface area contributed by atoms with Crippen LogP contribution in [0.25, 0.3) is 0 Å². The maximum absolute atomic E-state index is 12.5. The molecule has 0 bridgehead atoms. The predicted molar refractivity (Wildman–Crippen MR) is 67.8 cm³/mol. The van der Waals surface area contributed by atoms with Crippen LogP contribution < -0.4 is 11.1 Å². The smallest absolute Gasteiger partial charge is 0.369 e. The first kappa shape index (κ1) is 14.8. The first-order chi connectivity index (χ1) is 9.38. The van der Waals surface area contributed by atoms with Gasteiger partial charge in [-0.2, -0.15) is 13.2 Å². The molecule has 4 nitrogen and oxygen atoms in total. The van der Waals surface area contributed by atoms with Crippen LogP contribution in [0.2, 0.25) is 0 Å². The van der Waals surface area contributed by atoms with Crippen molar-refractivity contribution in [3.05, 3.63) is 35.4 Å². The number of rotatable bonds is 3. The summed E-state index contributed by atoms with van der Waals surface area (Å²) < 4.78 is 37.6. The van der Waals surface area contributed by atoms with Gasteiger partial charge in [-0.3, -0.25) is 9.69 Å². The molecule has 1 unspecified atom stereocenters. The van der Waals surface area contributed by atoms with Crippen LogP contribution in [0.15, 0.2) is 24.3 Å². The normalized spacial score (nSPS) is 20.9. The number of alkyl halides is 3. The molecular formula is C13H16F3N3O. The Morgan fingerprint density at radius 1 is 1.35 bits per heavy atom. The number of carbonyl (C=O) groups excluding carboxylic acids is 1. The molecule has 110 valence electrons. The average Bonchev–Trinajstić information content (AvgIpc) is 2.38. The van der Waals surface area contributed by atoms with Gasteiger partial charge in [0.1, 0.15) is 0 Å². The molecule has 0 aliphatic carbocycles. The highest BCUT2D eigenvalue weighted by Crippen LogP contribution is 2.31. The van der Waals surface area contributed by atoms with Gasteiger partial charge in [-0.25, -0.2) is 0 Å². The van der Waals surface area contributed by atoms with E-state index in [9.17, 15) is 18.0 Å². The number of nitrogens with zero attached hydrogens (tertiary/aromatic N) is 1. The highest BCUT2D eigenvalue weighted by Gasteiger charge is 2.31. The molecule has 1 aromatic carbocycles. The number of nitrogens with two attached hydrogens (primary N) is 1. The van der Waals surface area contributed by atoms with Crippen molar-refractivity contribution >= 4 is 5.91 Å². The second-order valence-electron chi connectivity index (χ2n) is 4.78. The summed E-state index contributed by atoms with van der Waals surface area (Å²) in [4.78, 5) is 12.9. The topological polar surface area (TPSA) is 58.4 Å². The van der Waals surface area contributed by atoms with Gasteiger partial charge in [0.25, 0.3) is 0 Å². The Hall–Kier alpha value is -1.60. The Labute approximate surface area is 114 Å². The van der Waals surface area contributed by atoms with Gasteiger partial charge in [-0.15, -0.1) is 0 Å². The lowest BCUT2D eigenvalue weighted by Gasteiger charge is -2.35. The van der Waals surface area contributed by atoms with E-state index >= 15 is 0 Å². The fraction of sp³-hybridized carbons (Fsp3) is 0.462. The second kappa shape index (κ2) is 5.80. The molecule has 20 heavy (non-hydrogen) atoms. The van der Waals surface area contributed by atoms with Gasteiger partial charge in [0, 0.05) is 25.7 Å². The molecular weight excluding hydrogens is 271 g/mol. The largest absolute Gasteiger partial charge is 0.416 e. The lowest BCUT2D eigenvalue weighted by atomic mass is 10.0. The monoisotopic (exact) mass is 287 g/mol. The summed E-state index contributed by atoms with van der Waals surface area (Å²) in [6.45, 7) is 2.05. The Morgan fingerprint density at radius 3 is 2.55 bits per heavy atom. The average molecular weight is 287 g/mol. The molecule has 1 saturated heterocycles. The van der Waals surface area contributed by atoms with Crippen molar-refractivity contribution in [2.45, 2.75) is 12.2 Å². The highest BCUT2D eigenvalue weighted by molar-refractivity contribution is 5.76. The molecule has 2 rings (SSSR count). The molecule has 0 radical (unpaired) electrons. The van der Waals surface area contributed by atoms with Crippen LogP contribution in [0, 0.1) is 0 Å². The minimum absolute atomic E-state index is 0.105. The van der Waals surface area contributed by atoms with Crippen molar-refractivity contribution in [1.29, 1.82) is 0 Å². The first-order valence-corrected chi connectivity index (χ1v) is 6.28. The van der Waals surface area contributed by atoms with E-state index in [4.69, 9.17) is 5.73 Å². The van der Waals surface area contributed by atoms with Crippen molar-refractivity contribution in [1.82, 2.24) is 10.2 Å². The fourth-order valence-corrected chi connectivity index (χ4v) is 2.36. The molecule has 1 aromatic rings. The quantitative estimate of drug-likeness (QED) is 0.876. The van der Waals surface area contributed by atoms with E-state index in [1.807, 2.05) is 4.90 Å². The maximum Gasteiger partial charge on any atom is 0.416 e. The molecule has 3 N–H and O–H groups in total. The Balaban J connectivity index is 2.17. The van der Waals surface area contributed by atoms with E-state index in [1.165, 1.54) is 12.1 Å². The van der Waals surface area contributed by atoms with Crippen molar-refractivity contribution in [2.75, 3.05) is 26.2 Å². The van der Waals surface area contributed by atoms with Gasteiger partial charge in [-0.05, 0) is 17.7 Å². The van der Waals surface area contributed by atoms with Gasteiger partial charge < -0.3 is 11.1 Å². The van der Waals surface area contributed by atoms with Crippen molar-refractivity contribution < 1.29 is 18.0 Å². The molecule has 1 heterocycles. The number of benzene rings is 1. The molecule has 7 heteroatoms. The van der Waals surface area contributed by atoms with Crippen LogP contribution in [-0.2, 0) is 11.0 Å². The van der Waals surface area contributed by atoms with Crippen LogP contribution in [-0.4, -0.2) is 37.0 Å². The van der Waals surface area contributed by atoms with Crippen LogP contribution in [0.4, 0.5) is 13.2 Å². The van der Waals surface area contributed by atoms with Crippen molar-refractivity contribution in [2.24, 2.45) is 5.73 Å². The molecule has 0 saturated carbocycles. The Bertz CT molecular complexity index is 473. The third kappa shape index (κ3) is 3.49. The maximum atomic E-state index is 12.5. The first-order valence-electron chi connectivity index (χ1n) is 6.28. The minimum atomic E-state index is -4.34. The number of primary amides is 1. The number of hydrogen-bond acceptors (Lipinski definition) is 3. The number of hydrogen-bond donors (Lipinski definition) is 2. The highest BCUT2D eigenvalue weighted by atomic mass is 19.4.